The fraction of sp³-hybridized carbons (Fsp3) is 1.00. The summed E-state index contributed by atoms with van der Waals surface area (Å²) in [6.45, 7) is 2.25. The highest BCUT2D eigenvalue weighted by Gasteiger charge is 2.44. The molecule has 0 spiro atoms. The van der Waals surface area contributed by atoms with Crippen molar-refractivity contribution in [2.45, 2.75) is 81.5 Å². The van der Waals surface area contributed by atoms with Crippen LogP contribution in [-0.4, -0.2) is 109 Å². The molecule has 24 heavy (non-hydrogen) atoms. The minimum absolute atomic E-state index is 0.139. The van der Waals surface area contributed by atoms with Crippen molar-refractivity contribution >= 4 is 0 Å². The highest BCUT2D eigenvalue weighted by Crippen LogP contribution is 2.25. The molecule has 1 fully saturated rings. The van der Waals surface area contributed by atoms with Gasteiger partial charge in [-0.25, -0.2) is 0 Å². The van der Waals surface area contributed by atoms with Crippen LogP contribution in [0, 0.1) is 0 Å². The fourth-order valence-corrected chi connectivity index (χ4v) is 2.47. The molecule has 0 bridgehead atoms. The minimum Gasteiger partial charge on any atom is -0.394 e. The maximum absolute atomic E-state index is 10.1. The summed E-state index contributed by atoms with van der Waals surface area (Å²) in [6, 6.07) is 0. The first kappa shape index (κ1) is 21.6. The van der Waals surface area contributed by atoms with Gasteiger partial charge in [0.15, 0.2) is 6.29 Å². The molecule has 0 radical (unpaired) electrons. The van der Waals surface area contributed by atoms with E-state index in [1.54, 1.807) is 6.92 Å². The fourth-order valence-electron chi connectivity index (χ4n) is 2.47. The smallest absolute Gasteiger partial charge is 0.186 e. The molecular formula is C14H28O10. The second kappa shape index (κ2) is 9.34. The van der Waals surface area contributed by atoms with Crippen LogP contribution in [0.4, 0.5) is 0 Å². The van der Waals surface area contributed by atoms with E-state index in [9.17, 15) is 35.7 Å². The number of ether oxygens (including phenoxy) is 2. The Balaban J connectivity index is 2.75. The van der Waals surface area contributed by atoms with E-state index in [0.717, 1.165) is 0 Å². The summed E-state index contributed by atoms with van der Waals surface area (Å²) in [6.07, 6.45) is -14.5. The Morgan fingerprint density at radius 1 is 0.917 bits per heavy atom. The van der Waals surface area contributed by atoms with E-state index < -0.39 is 67.8 Å². The van der Waals surface area contributed by atoms with Crippen molar-refractivity contribution < 1.29 is 50.3 Å². The predicted octanol–water partition coefficient (Wildman–Crippen LogP) is -3.95. The van der Waals surface area contributed by atoms with Gasteiger partial charge in [0.25, 0.3) is 0 Å². The first-order valence-electron chi connectivity index (χ1n) is 7.83. The Kier molecular flexibility index (Phi) is 8.42. The van der Waals surface area contributed by atoms with Crippen molar-refractivity contribution in [3.63, 3.8) is 0 Å². The third-order valence-electron chi connectivity index (χ3n) is 4.18. The molecule has 1 aliphatic heterocycles. The molecule has 10 nitrogen and oxygen atoms in total. The summed E-state index contributed by atoms with van der Waals surface area (Å²) >= 11 is 0. The predicted molar refractivity (Wildman–Crippen MR) is 78.6 cm³/mol. The van der Waals surface area contributed by atoms with Crippen LogP contribution in [0.5, 0.6) is 0 Å². The molecule has 144 valence electrons. The maximum atomic E-state index is 10.1. The van der Waals surface area contributed by atoms with E-state index in [1.165, 1.54) is 6.92 Å². The molecule has 0 aliphatic carbocycles. The van der Waals surface area contributed by atoms with Crippen LogP contribution >= 0.6 is 0 Å². The second-order valence-electron chi connectivity index (χ2n) is 5.99. The van der Waals surface area contributed by atoms with Gasteiger partial charge in [0, 0.05) is 0 Å². The molecule has 0 aromatic heterocycles. The molecule has 1 heterocycles. The van der Waals surface area contributed by atoms with E-state index >= 15 is 0 Å². The lowest BCUT2D eigenvalue weighted by molar-refractivity contribution is -0.314. The Labute approximate surface area is 139 Å². The Hall–Kier alpha value is -0.400. The normalized spacial score (nSPS) is 37.5. The minimum atomic E-state index is -1.83. The average molecular weight is 356 g/mol. The highest BCUT2D eigenvalue weighted by atomic mass is 16.7. The van der Waals surface area contributed by atoms with Crippen LogP contribution in [0.25, 0.3) is 0 Å². The zero-order valence-corrected chi connectivity index (χ0v) is 13.6. The molecule has 0 amide bonds. The number of hydrogen-bond acceptors (Lipinski definition) is 10. The van der Waals surface area contributed by atoms with Gasteiger partial charge in [0.05, 0.1) is 18.8 Å². The van der Waals surface area contributed by atoms with Crippen LogP contribution in [0.3, 0.4) is 0 Å². The van der Waals surface area contributed by atoms with Crippen LogP contribution in [0.2, 0.25) is 0 Å². The van der Waals surface area contributed by atoms with Crippen LogP contribution in [0.15, 0.2) is 0 Å². The van der Waals surface area contributed by atoms with Crippen molar-refractivity contribution in [3.05, 3.63) is 0 Å². The van der Waals surface area contributed by atoms with E-state index in [2.05, 4.69) is 0 Å². The second-order valence-corrected chi connectivity index (χ2v) is 5.99. The Bertz CT molecular complexity index is 369. The zero-order valence-electron chi connectivity index (χ0n) is 13.6. The van der Waals surface area contributed by atoms with Crippen LogP contribution in [0.1, 0.15) is 20.3 Å². The molecule has 1 aliphatic rings. The molecule has 10 heteroatoms. The van der Waals surface area contributed by atoms with E-state index in [4.69, 9.17) is 14.6 Å². The lowest BCUT2D eigenvalue weighted by Gasteiger charge is -2.41. The van der Waals surface area contributed by atoms with Gasteiger partial charge in [-0.1, -0.05) is 6.92 Å². The Morgan fingerprint density at radius 2 is 1.50 bits per heavy atom. The summed E-state index contributed by atoms with van der Waals surface area (Å²) in [7, 11) is 0. The average Bonchev–Trinajstić information content (AvgIpc) is 2.59. The molecule has 1 rings (SSSR count). The Morgan fingerprint density at radius 3 is 2.00 bits per heavy atom. The summed E-state index contributed by atoms with van der Waals surface area (Å²) in [4.78, 5) is 0. The third-order valence-corrected chi connectivity index (χ3v) is 4.18. The van der Waals surface area contributed by atoms with E-state index in [0.29, 0.717) is 0 Å². The first-order chi connectivity index (χ1) is 11.1. The quantitative estimate of drug-likeness (QED) is 0.214. The van der Waals surface area contributed by atoms with Gasteiger partial charge >= 0.3 is 0 Å². The topological polar surface area (TPSA) is 180 Å². The maximum Gasteiger partial charge on any atom is 0.186 e. The van der Waals surface area contributed by atoms with Gasteiger partial charge in [-0.2, -0.15) is 0 Å². The van der Waals surface area contributed by atoms with Crippen molar-refractivity contribution in [2.75, 3.05) is 6.61 Å². The van der Waals surface area contributed by atoms with Gasteiger partial charge in [0.1, 0.15) is 42.7 Å². The SMILES string of the molecule is CC[C@H](O[C@@H]1OC(C)[C@H](O)C(O)C1O)C(O)C(O)[C@@H](O)C(O)CO. The zero-order chi connectivity index (χ0) is 18.6. The summed E-state index contributed by atoms with van der Waals surface area (Å²) in [5.41, 5.74) is 0. The van der Waals surface area contributed by atoms with Gasteiger partial charge in [-0.3, -0.25) is 0 Å². The molecule has 0 saturated carbocycles. The van der Waals surface area contributed by atoms with Crippen molar-refractivity contribution in [1.29, 1.82) is 0 Å². The van der Waals surface area contributed by atoms with Gasteiger partial charge in [-0.15, -0.1) is 0 Å². The third kappa shape index (κ3) is 4.82. The molecule has 6 unspecified atom stereocenters. The van der Waals surface area contributed by atoms with Gasteiger partial charge in [0.2, 0.25) is 0 Å². The first-order valence-corrected chi connectivity index (χ1v) is 7.83. The van der Waals surface area contributed by atoms with Crippen molar-refractivity contribution in [1.82, 2.24) is 0 Å². The van der Waals surface area contributed by atoms with Crippen molar-refractivity contribution in [3.8, 4) is 0 Å². The summed E-state index contributed by atoms with van der Waals surface area (Å²) in [5.74, 6) is 0. The van der Waals surface area contributed by atoms with E-state index in [1.807, 2.05) is 0 Å². The van der Waals surface area contributed by atoms with E-state index in [-0.39, 0.29) is 6.42 Å². The molecule has 8 N–H and O–H groups in total. The lowest BCUT2D eigenvalue weighted by atomic mass is 9.97. The van der Waals surface area contributed by atoms with Gasteiger partial charge in [-0.05, 0) is 13.3 Å². The lowest BCUT2D eigenvalue weighted by Crippen LogP contribution is -2.59. The standard InChI is InChI=1S/C14H28O10/c1-3-7(10(19)12(21)9(18)6(16)4-15)24-14-13(22)11(20)8(17)5(2)23-14/h5-22H,3-4H2,1-2H3/t5?,6?,7-,8-,9-,10?,11?,12?,13?,14-/m0/s1. The molecule has 0 aromatic carbocycles. The molecule has 0 aromatic rings. The number of hydrogen-bond donors (Lipinski definition) is 8. The summed E-state index contributed by atoms with van der Waals surface area (Å²) < 4.78 is 10.6. The number of aliphatic hydroxyl groups is 8. The molecule has 1 saturated heterocycles. The molecule has 10 atom stereocenters. The number of aliphatic hydroxyl groups excluding tert-OH is 8. The van der Waals surface area contributed by atoms with Crippen LogP contribution in [-0.2, 0) is 9.47 Å². The monoisotopic (exact) mass is 356 g/mol. The van der Waals surface area contributed by atoms with Crippen molar-refractivity contribution in [2.24, 2.45) is 0 Å². The molecular weight excluding hydrogens is 328 g/mol. The largest absolute Gasteiger partial charge is 0.394 e. The van der Waals surface area contributed by atoms with Crippen LogP contribution < -0.4 is 0 Å². The van der Waals surface area contributed by atoms with Gasteiger partial charge < -0.3 is 50.3 Å². The number of rotatable bonds is 8. The summed E-state index contributed by atoms with van der Waals surface area (Å²) in [5, 5.41) is 77.0. The highest BCUT2D eigenvalue weighted by molar-refractivity contribution is 4.89.